The Hall–Kier alpha value is -1.43. The smallest absolute Gasteiger partial charge is 0.105 e. The van der Waals surface area contributed by atoms with Gasteiger partial charge >= 0.3 is 0 Å². The Morgan fingerprint density at radius 1 is 1.07 bits per heavy atom. The molecular weight excluding hydrogens is 346 g/mol. The van der Waals surface area contributed by atoms with Gasteiger partial charge < -0.3 is 16.0 Å². The molecule has 5 nitrogen and oxygen atoms in total. The Morgan fingerprint density at radius 2 is 1.68 bits per heavy atom. The topological polar surface area (TPSA) is 68.4 Å². The van der Waals surface area contributed by atoms with E-state index >= 15 is 0 Å². The highest BCUT2D eigenvalue weighted by Gasteiger charge is 2.41. The molecule has 1 spiro atoms. The average molecular weight is 386 g/mol. The van der Waals surface area contributed by atoms with Gasteiger partial charge in [-0.15, -0.1) is 0 Å². The summed E-state index contributed by atoms with van der Waals surface area (Å²) in [5.74, 6) is 0.185. The summed E-state index contributed by atoms with van der Waals surface area (Å²) in [6.45, 7) is 12.1. The molecule has 28 heavy (non-hydrogen) atoms. The van der Waals surface area contributed by atoms with Crippen LogP contribution in [0.1, 0.15) is 57.1 Å². The van der Waals surface area contributed by atoms with E-state index in [1.54, 1.807) is 0 Å². The van der Waals surface area contributed by atoms with E-state index < -0.39 is 0 Å². The van der Waals surface area contributed by atoms with Crippen LogP contribution in [0.15, 0.2) is 24.3 Å². The van der Waals surface area contributed by atoms with E-state index in [1.807, 2.05) is 0 Å². The molecule has 5 heteroatoms. The van der Waals surface area contributed by atoms with Crippen molar-refractivity contribution >= 4 is 5.84 Å². The van der Waals surface area contributed by atoms with Gasteiger partial charge in [-0.1, -0.05) is 38.1 Å². The molecule has 0 amide bonds. The lowest BCUT2D eigenvalue weighted by Crippen LogP contribution is -2.45. The quantitative estimate of drug-likeness (QED) is 0.451. The number of hydrogen-bond acceptors (Lipinski definition) is 4. The first kappa shape index (κ1) is 21.3. The van der Waals surface area contributed by atoms with E-state index in [9.17, 15) is 0 Å². The third-order valence-electron chi connectivity index (χ3n) is 6.91. The molecule has 1 aromatic rings. The van der Waals surface area contributed by atoms with Crippen molar-refractivity contribution in [3.63, 3.8) is 0 Å². The zero-order chi connectivity index (χ0) is 20.0. The van der Waals surface area contributed by atoms with Gasteiger partial charge in [0.1, 0.15) is 5.84 Å². The number of amidine groups is 1. The number of nitrogens with one attached hydrogen (secondary N) is 2. The van der Waals surface area contributed by atoms with E-state index in [4.69, 9.17) is 11.1 Å². The van der Waals surface area contributed by atoms with Crippen LogP contribution in [0.2, 0.25) is 0 Å². The fraction of sp³-hybridized carbons (Fsp3) is 0.696. The van der Waals surface area contributed by atoms with Crippen molar-refractivity contribution in [2.24, 2.45) is 11.1 Å². The van der Waals surface area contributed by atoms with Crippen LogP contribution in [0, 0.1) is 10.8 Å². The van der Waals surface area contributed by atoms with Crippen molar-refractivity contribution in [1.29, 1.82) is 5.41 Å². The van der Waals surface area contributed by atoms with Gasteiger partial charge in [0.2, 0.25) is 0 Å². The van der Waals surface area contributed by atoms with Crippen LogP contribution in [0.25, 0.3) is 0 Å². The average Bonchev–Trinajstić information content (AvgIpc) is 3.07. The number of piperidine rings is 1. The maximum atomic E-state index is 7.26. The molecule has 2 saturated heterocycles. The maximum absolute atomic E-state index is 7.26. The Labute approximate surface area is 171 Å². The molecule has 0 radical (unpaired) electrons. The lowest BCUT2D eigenvalue weighted by Gasteiger charge is -2.42. The predicted octanol–water partition coefficient (Wildman–Crippen LogP) is 3.19. The van der Waals surface area contributed by atoms with E-state index in [0.717, 1.165) is 19.1 Å². The monoisotopic (exact) mass is 385 g/mol. The second-order valence-corrected chi connectivity index (χ2v) is 8.91. The van der Waals surface area contributed by atoms with Crippen molar-refractivity contribution in [3.05, 3.63) is 35.4 Å². The summed E-state index contributed by atoms with van der Waals surface area (Å²) in [7, 11) is 0. The predicted molar refractivity (Wildman–Crippen MR) is 118 cm³/mol. The molecule has 0 atom stereocenters. The maximum Gasteiger partial charge on any atom is 0.105 e. The zero-order valence-corrected chi connectivity index (χ0v) is 17.8. The molecule has 2 heterocycles. The van der Waals surface area contributed by atoms with Gasteiger partial charge in [-0.2, -0.15) is 0 Å². The van der Waals surface area contributed by atoms with Gasteiger partial charge in [0, 0.05) is 25.7 Å². The Morgan fingerprint density at radius 3 is 2.29 bits per heavy atom. The summed E-state index contributed by atoms with van der Waals surface area (Å²) in [6, 6.07) is 9.69. The van der Waals surface area contributed by atoms with Crippen LogP contribution in [-0.4, -0.2) is 54.4 Å². The van der Waals surface area contributed by atoms with E-state index in [0.29, 0.717) is 12.0 Å². The first-order valence-electron chi connectivity index (χ1n) is 11.1. The van der Waals surface area contributed by atoms with Crippen LogP contribution in [-0.2, 0) is 13.1 Å². The number of nitrogens with zero attached hydrogens (tertiary/aromatic N) is 2. The molecule has 0 saturated carbocycles. The number of nitrogens with two attached hydrogens (primary N) is 1. The minimum Gasteiger partial charge on any atom is -0.387 e. The third-order valence-corrected chi connectivity index (χ3v) is 6.91. The molecule has 2 aliphatic heterocycles. The molecule has 0 aromatic heterocycles. The van der Waals surface area contributed by atoms with Crippen LogP contribution in [0.3, 0.4) is 0 Å². The standard InChI is InChI=1S/C23H39N5/c1-3-21(4-2)28-13-10-23(11-14-28)9-12-27(18-23)17-20-7-5-19(6-8-20)15-26-16-22(24)25/h5-8,21,26H,3-4,9-18H2,1-2H3,(H3,24,25). The van der Waals surface area contributed by atoms with Crippen molar-refractivity contribution in [3.8, 4) is 0 Å². The summed E-state index contributed by atoms with van der Waals surface area (Å²) in [4.78, 5) is 5.41. The van der Waals surface area contributed by atoms with Crippen molar-refractivity contribution < 1.29 is 0 Å². The van der Waals surface area contributed by atoms with Gasteiger partial charge in [-0.05, 0) is 68.3 Å². The van der Waals surface area contributed by atoms with Crippen LogP contribution >= 0.6 is 0 Å². The summed E-state index contributed by atoms with van der Waals surface area (Å²) >= 11 is 0. The minimum atomic E-state index is 0.185. The number of benzene rings is 1. The Bertz CT molecular complexity index is 614. The molecule has 0 aliphatic carbocycles. The Kier molecular flexibility index (Phi) is 7.49. The zero-order valence-electron chi connectivity index (χ0n) is 17.8. The van der Waals surface area contributed by atoms with E-state index in [-0.39, 0.29) is 5.84 Å². The molecule has 3 rings (SSSR count). The van der Waals surface area contributed by atoms with Gasteiger partial charge in [-0.25, -0.2) is 0 Å². The van der Waals surface area contributed by atoms with Crippen LogP contribution in [0.4, 0.5) is 0 Å². The number of likely N-dealkylation sites (tertiary alicyclic amines) is 2. The highest BCUT2D eigenvalue weighted by molar-refractivity contribution is 5.78. The highest BCUT2D eigenvalue weighted by Crippen LogP contribution is 2.41. The Balaban J connectivity index is 1.45. The molecular formula is C23H39N5. The summed E-state index contributed by atoms with van der Waals surface area (Å²) in [6.07, 6.45) is 6.70. The highest BCUT2D eigenvalue weighted by atomic mass is 15.2. The second kappa shape index (κ2) is 9.86. The van der Waals surface area contributed by atoms with Gasteiger partial charge in [0.25, 0.3) is 0 Å². The molecule has 4 N–H and O–H groups in total. The van der Waals surface area contributed by atoms with Crippen LogP contribution in [0.5, 0.6) is 0 Å². The number of rotatable bonds is 9. The van der Waals surface area contributed by atoms with Crippen molar-refractivity contribution in [1.82, 2.24) is 15.1 Å². The van der Waals surface area contributed by atoms with Gasteiger partial charge in [0.15, 0.2) is 0 Å². The van der Waals surface area contributed by atoms with Crippen molar-refractivity contribution in [2.45, 2.75) is 65.1 Å². The molecule has 1 aromatic carbocycles. The third kappa shape index (κ3) is 5.56. The fourth-order valence-corrected chi connectivity index (χ4v) is 5.10. The molecule has 2 aliphatic rings. The first-order valence-corrected chi connectivity index (χ1v) is 11.1. The lowest BCUT2D eigenvalue weighted by atomic mass is 9.77. The van der Waals surface area contributed by atoms with Crippen LogP contribution < -0.4 is 11.1 Å². The van der Waals surface area contributed by atoms with Gasteiger partial charge in [0.05, 0.1) is 6.54 Å². The summed E-state index contributed by atoms with van der Waals surface area (Å²) < 4.78 is 0. The number of hydrogen-bond donors (Lipinski definition) is 3. The van der Waals surface area contributed by atoms with E-state index in [1.165, 1.54) is 69.4 Å². The largest absolute Gasteiger partial charge is 0.387 e. The normalized spacial score (nSPS) is 20.2. The van der Waals surface area contributed by atoms with Crippen molar-refractivity contribution in [2.75, 3.05) is 32.7 Å². The fourth-order valence-electron chi connectivity index (χ4n) is 5.10. The minimum absolute atomic E-state index is 0.185. The molecule has 2 fully saturated rings. The molecule has 156 valence electrons. The van der Waals surface area contributed by atoms with Gasteiger partial charge in [-0.3, -0.25) is 10.3 Å². The lowest BCUT2D eigenvalue weighted by molar-refractivity contribution is 0.0724. The molecule has 0 bridgehead atoms. The van der Waals surface area contributed by atoms with E-state index in [2.05, 4.69) is 53.2 Å². The first-order chi connectivity index (χ1) is 13.5. The summed E-state index contributed by atoms with van der Waals surface area (Å²) in [5, 5.41) is 10.4. The molecule has 0 unspecified atom stereocenters. The SMILES string of the molecule is CCC(CC)N1CCC2(CCN(Cc3ccc(CNCC(=N)N)cc3)C2)CC1. The second-order valence-electron chi connectivity index (χ2n) is 8.91. The summed E-state index contributed by atoms with van der Waals surface area (Å²) in [5.41, 5.74) is 8.60.